The average Bonchev–Trinajstić information content (AvgIpc) is 2.45. The molecule has 2 rings (SSSR count). The number of hydrogen-bond donors (Lipinski definition) is 1. The van der Waals surface area contributed by atoms with Crippen LogP contribution in [-0.4, -0.2) is 26.3 Å². The predicted octanol–water partition coefficient (Wildman–Crippen LogP) is 3.51. The largest absolute Gasteiger partial charge is 0.496 e. The summed E-state index contributed by atoms with van der Waals surface area (Å²) >= 11 is 3.48. The van der Waals surface area contributed by atoms with Crippen LogP contribution in [0.4, 0.5) is 0 Å². The van der Waals surface area contributed by atoms with Gasteiger partial charge >= 0.3 is 0 Å². The van der Waals surface area contributed by atoms with Gasteiger partial charge < -0.3 is 14.8 Å². The molecule has 0 aromatic heterocycles. The molecular formula is C15H22BrNO2. The molecule has 4 heteroatoms. The van der Waals surface area contributed by atoms with E-state index in [4.69, 9.17) is 9.47 Å². The number of rotatable bonds is 6. The SMILES string of the molecule is COc1ccc(Br)cc1COCCC1CCCCN1. The van der Waals surface area contributed by atoms with Crippen LogP contribution in [0.1, 0.15) is 31.2 Å². The second-order valence-electron chi connectivity index (χ2n) is 4.94. The van der Waals surface area contributed by atoms with Crippen LogP contribution in [0.25, 0.3) is 0 Å². The fraction of sp³-hybridized carbons (Fsp3) is 0.600. The molecule has 1 saturated heterocycles. The number of benzene rings is 1. The van der Waals surface area contributed by atoms with Gasteiger partial charge in [0.05, 0.1) is 13.7 Å². The lowest BCUT2D eigenvalue weighted by molar-refractivity contribution is 0.106. The van der Waals surface area contributed by atoms with Gasteiger partial charge in [0.2, 0.25) is 0 Å². The summed E-state index contributed by atoms with van der Waals surface area (Å²) in [4.78, 5) is 0. The number of hydrogen-bond acceptors (Lipinski definition) is 3. The smallest absolute Gasteiger partial charge is 0.124 e. The minimum absolute atomic E-state index is 0.606. The van der Waals surface area contributed by atoms with Crippen LogP contribution in [0.5, 0.6) is 5.75 Å². The van der Waals surface area contributed by atoms with Crippen LogP contribution in [0.2, 0.25) is 0 Å². The van der Waals surface area contributed by atoms with Crippen molar-refractivity contribution in [1.29, 1.82) is 0 Å². The number of ether oxygens (including phenoxy) is 2. The van der Waals surface area contributed by atoms with Crippen molar-refractivity contribution < 1.29 is 9.47 Å². The summed E-state index contributed by atoms with van der Waals surface area (Å²) in [5.41, 5.74) is 1.09. The molecule has 0 spiro atoms. The zero-order chi connectivity index (χ0) is 13.5. The molecule has 3 nitrogen and oxygen atoms in total. The maximum Gasteiger partial charge on any atom is 0.124 e. The first kappa shape index (κ1) is 14.8. The molecular weight excluding hydrogens is 306 g/mol. The molecule has 1 heterocycles. The highest BCUT2D eigenvalue weighted by molar-refractivity contribution is 9.10. The van der Waals surface area contributed by atoms with E-state index < -0.39 is 0 Å². The molecule has 1 aliphatic heterocycles. The first-order valence-electron chi connectivity index (χ1n) is 6.93. The third-order valence-electron chi connectivity index (χ3n) is 3.52. The molecule has 1 aliphatic rings. The Bertz CT molecular complexity index is 392. The van der Waals surface area contributed by atoms with Crippen LogP contribution in [0.3, 0.4) is 0 Å². The molecule has 1 aromatic rings. The quantitative estimate of drug-likeness (QED) is 0.811. The van der Waals surface area contributed by atoms with Crippen molar-refractivity contribution >= 4 is 15.9 Å². The van der Waals surface area contributed by atoms with E-state index >= 15 is 0 Å². The Morgan fingerprint density at radius 2 is 2.26 bits per heavy atom. The third kappa shape index (κ3) is 4.79. The summed E-state index contributed by atoms with van der Waals surface area (Å²) in [7, 11) is 1.69. The first-order valence-corrected chi connectivity index (χ1v) is 7.72. The molecule has 19 heavy (non-hydrogen) atoms. The Balaban J connectivity index is 1.74. The first-order chi connectivity index (χ1) is 9.29. The van der Waals surface area contributed by atoms with Crippen molar-refractivity contribution in [3.05, 3.63) is 28.2 Å². The normalized spacial score (nSPS) is 19.4. The van der Waals surface area contributed by atoms with Gasteiger partial charge in [-0.15, -0.1) is 0 Å². The minimum Gasteiger partial charge on any atom is -0.496 e. The summed E-state index contributed by atoms with van der Waals surface area (Å²) in [5, 5.41) is 3.54. The van der Waals surface area contributed by atoms with Crippen molar-refractivity contribution in [2.75, 3.05) is 20.3 Å². The third-order valence-corrected chi connectivity index (χ3v) is 4.02. The Morgan fingerprint density at radius 3 is 3.00 bits per heavy atom. The van der Waals surface area contributed by atoms with Gasteiger partial charge in [-0.2, -0.15) is 0 Å². The Labute approximate surface area is 123 Å². The Kier molecular flexibility index (Phi) is 6.14. The van der Waals surface area contributed by atoms with Gasteiger partial charge in [-0.3, -0.25) is 0 Å². The van der Waals surface area contributed by atoms with Crippen molar-refractivity contribution in [2.24, 2.45) is 0 Å². The summed E-state index contributed by atoms with van der Waals surface area (Å²) in [6.45, 7) is 2.56. The van der Waals surface area contributed by atoms with E-state index in [0.717, 1.165) is 35.4 Å². The molecule has 1 atom stereocenters. The molecule has 1 N–H and O–H groups in total. The monoisotopic (exact) mass is 327 g/mol. The van der Waals surface area contributed by atoms with E-state index in [1.54, 1.807) is 7.11 Å². The summed E-state index contributed by atoms with van der Waals surface area (Å²) in [6.07, 6.45) is 5.03. The maximum atomic E-state index is 5.78. The second kappa shape index (κ2) is 7.88. The van der Waals surface area contributed by atoms with Gasteiger partial charge in [0.1, 0.15) is 5.75 Å². The molecule has 0 bridgehead atoms. The van der Waals surface area contributed by atoms with Crippen LogP contribution in [0.15, 0.2) is 22.7 Å². The number of methoxy groups -OCH3 is 1. The van der Waals surface area contributed by atoms with Gasteiger partial charge in [-0.25, -0.2) is 0 Å². The summed E-state index contributed by atoms with van der Waals surface area (Å²) < 4.78 is 12.2. The molecule has 106 valence electrons. The number of nitrogens with one attached hydrogen (secondary N) is 1. The lowest BCUT2D eigenvalue weighted by Crippen LogP contribution is -2.34. The van der Waals surface area contributed by atoms with E-state index in [1.165, 1.54) is 19.3 Å². The molecule has 1 aromatic carbocycles. The molecule has 0 aliphatic carbocycles. The standard InChI is InChI=1S/C15H22BrNO2/c1-18-15-6-5-13(16)10-12(15)11-19-9-7-14-4-2-3-8-17-14/h5-6,10,14,17H,2-4,7-9,11H2,1H3. The highest BCUT2D eigenvalue weighted by Gasteiger charge is 2.12. The van der Waals surface area contributed by atoms with Crippen molar-refractivity contribution in [1.82, 2.24) is 5.32 Å². The van der Waals surface area contributed by atoms with Gasteiger partial charge in [-0.1, -0.05) is 22.4 Å². The van der Waals surface area contributed by atoms with Crippen molar-refractivity contribution in [3.63, 3.8) is 0 Å². The highest BCUT2D eigenvalue weighted by Crippen LogP contribution is 2.23. The highest BCUT2D eigenvalue weighted by atomic mass is 79.9. The van der Waals surface area contributed by atoms with Crippen LogP contribution < -0.4 is 10.1 Å². The predicted molar refractivity (Wildman–Crippen MR) is 80.6 cm³/mol. The fourth-order valence-electron chi connectivity index (χ4n) is 2.44. The van der Waals surface area contributed by atoms with Crippen molar-refractivity contribution in [2.45, 2.75) is 38.3 Å². The van der Waals surface area contributed by atoms with Crippen LogP contribution in [0, 0.1) is 0 Å². The van der Waals surface area contributed by atoms with Crippen LogP contribution in [-0.2, 0) is 11.3 Å². The van der Waals surface area contributed by atoms with Gasteiger partial charge in [0.15, 0.2) is 0 Å². The topological polar surface area (TPSA) is 30.5 Å². The number of piperidine rings is 1. The van der Waals surface area contributed by atoms with E-state index in [2.05, 4.69) is 27.3 Å². The molecule has 0 saturated carbocycles. The van der Waals surface area contributed by atoms with Gasteiger partial charge in [-0.05, 0) is 44.0 Å². The number of halogens is 1. The Hall–Kier alpha value is -0.580. The summed E-state index contributed by atoms with van der Waals surface area (Å²) in [6, 6.07) is 6.63. The lowest BCUT2D eigenvalue weighted by Gasteiger charge is -2.23. The van der Waals surface area contributed by atoms with E-state index in [0.29, 0.717) is 12.6 Å². The van der Waals surface area contributed by atoms with E-state index in [-0.39, 0.29) is 0 Å². The van der Waals surface area contributed by atoms with Crippen LogP contribution >= 0.6 is 15.9 Å². The summed E-state index contributed by atoms with van der Waals surface area (Å²) in [5.74, 6) is 0.888. The second-order valence-corrected chi connectivity index (χ2v) is 5.86. The Morgan fingerprint density at radius 1 is 1.37 bits per heavy atom. The zero-order valence-electron chi connectivity index (χ0n) is 11.5. The molecule has 1 fully saturated rings. The van der Waals surface area contributed by atoms with Gasteiger partial charge in [0, 0.05) is 22.7 Å². The molecule has 0 radical (unpaired) electrons. The van der Waals surface area contributed by atoms with E-state index in [9.17, 15) is 0 Å². The van der Waals surface area contributed by atoms with E-state index in [1.807, 2.05) is 12.1 Å². The van der Waals surface area contributed by atoms with Crippen molar-refractivity contribution in [3.8, 4) is 5.75 Å². The lowest BCUT2D eigenvalue weighted by atomic mass is 10.0. The molecule has 0 amide bonds. The average molecular weight is 328 g/mol. The van der Waals surface area contributed by atoms with Gasteiger partial charge in [0.25, 0.3) is 0 Å². The maximum absolute atomic E-state index is 5.78. The minimum atomic E-state index is 0.606. The molecule has 1 unspecified atom stereocenters. The zero-order valence-corrected chi connectivity index (χ0v) is 13.0. The fourth-order valence-corrected chi connectivity index (χ4v) is 2.85.